The minimum Gasteiger partial charge on any atom is -0.414 e. The molecule has 0 amide bonds. The van der Waals surface area contributed by atoms with Gasteiger partial charge in [0.2, 0.25) is 0 Å². The Labute approximate surface area is 144 Å². The van der Waals surface area contributed by atoms with Crippen molar-refractivity contribution in [3.63, 3.8) is 0 Å². The fourth-order valence-electron chi connectivity index (χ4n) is 2.34. The van der Waals surface area contributed by atoms with Gasteiger partial charge in [-0.15, -0.1) is 33.3 Å². The van der Waals surface area contributed by atoms with Gasteiger partial charge in [0.15, 0.2) is 6.04 Å². The first kappa shape index (κ1) is 16.2. The Morgan fingerprint density at radius 1 is 1.22 bits per heavy atom. The highest BCUT2D eigenvalue weighted by atomic mass is 32.2. The normalized spacial score (nSPS) is 13.9. The maximum atomic E-state index is 5.85. The Kier molecular flexibility index (Phi) is 5.15. The van der Waals surface area contributed by atoms with Crippen LogP contribution in [-0.2, 0) is 6.54 Å². The molecule has 3 rings (SSSR count). The Bertz CT molecular complexity index is 738. The highest BCUT2D eigenvalue weighted by Gasteiger charge is 2.22. The highest BCUT2D eigenvalue weighted by molar-refractivity contribution is 7.98. The number of hydrogen-bond acceptors (Lipinski definition) is 5. The highest BCUT2D eigenvalue weighted by Crippen LogP contribution is 2.24. The van der Waals surface area contributed by atoms with Crippen molar-refractivity contribution in [2.24, 2.45) is 0 Å². The molecule has 1 unspecified atom stereocenters. The smallest absolute Gasteiger partial charge is 0.274 e. The molecule has 1 aromatic carbocycles. The Morgan fingerprint density at radius 3 is 2.65 bits per heavy atom. The third kappa shape index (κ3) is 3.83. The minimum atomic E-state index is 0.149. The minimum absolute atomic E-state index is 0.149. The van der Waals surface area contributed by atoms with Crippen molar-refractivity contribution >= 4 is 23.1 Å². The van der Waals surface area contributed by atoms with Gasteiger partial charge in [0, 0.05) is 10.5 Å². The summed E-state index contributed by atoms with van der Waals surface area (Å²) in [5, 5.41) is 10.4. The van der Waals surface area contributed by atoms with Gasteiger partial charge in [-0.05, 0) is 36.8 Å². The second kappa shape index (κ2) is 7.29. The fraction of sp³-hybridized carbons (Fsp3) is 0.294. The van der Waals surface area contributed by atoms with Crippen LogP contribution in [-0.4, -0.2) is 23.5 Å². The zero-order valence-electron chi connectivity index (χ0n) is 13.4. The van der Waals surface area contributed by atoms with Gasteiger partial charge in [-0.25, -0.2) is 0 Å². The molecule has 0 saturated heterocycles. The largest absolute Gasteiger partial charge is 0.414 e. The summed E-state index contributed by atoms with van der Waals surface area (Å²) in [6.07, 6.45) is 2.09. The van der Waals surface area contributed by atoms with Crippen LogP contribution < -0.4 is 4.90 Å². The van der Waals surface area contributed by atoms with E-state index in [0.717, 1.165) is 11.4 Å². The lowest BCUT2D eigenvalue weighted by atomic mass is 10.2. The first-order valence-electron chi connectivity index (χ1n) is 7.50. The molecule has 0 radical (unpaired) electrons. The third-order valence-corrected chi connectivity index (χ3v) is 5.53. The molecule has 0 saturated carbocycles. The van der Waals surface area contributed by atoms with E-state index < -0.39 is 0 Å². The fourth-order valence-corrected chi connectivity index (χ4v) is 3.39. The second-order valence-electron chi connectivity index (χ2n) is 5.52. The van der Waals surface area contributed by atoms with E-state index in [1.165, 1.54) is 15.4 Å². The molecule has 2 heterocycles. The molecule has 3 aromatic rings. The van der Waals surface area contributed by atoms with E-state index in [1.54, 1.807) is 23.1 Å². The maximum absolute atomic E-state index is 5.85. The lowest BCUT2D eigenvalue weighted by Gasteiger charge is -2.18. The van der Waals surface area contributed by atoms with Crippen molar-refractivity contribution < 1.29 is 9.32 Å². The number of nitrogens with one attached hydrogen (secondary N) is 1. The van der Waals surface area contributed by atoms with Crippen molar-refractivity contribution in [1.29, 1.82) is 0 Å². The SMILES string of the molecule is CSc1ccc(C[NH+](C)[C@@H](C)c2nnc(-c3cccs3)o2)cc1. The van der Waals surface area contributed by atoms with Crippen molar-refractivity contribution in [3.8, 4) is 10.8 Å². The number of hydrogen-bond donors (Lipinski definition) is 1. The predicted molar refractivity (Wildman–Crippen MR) is 94.8 cm³/mol. The van der Waals surface area contributed by atoms with E-state index in [2.05, 4.69) is 54.7 Å². The van der Waals surface area contributed by atoms with Crippen LogP contribution >= 0.6 is 23.1 Å². The second-order valence-corrected chi connectivity index (χ2v) is 7.34. The molecule has 0 bridgehead atoms. The van der Waals surface area contributed by atoms with Crippen molar-refractivity contribution in [2.75, 3.05) is 13.3 Å². The summed E-state index contributed by atoms with van der Waals surface area (Å²) in [6, 6.07) is 12.8. The van der Waals surface area contributed by atoms with E-state index in [0.29, 0.717) is 11.8 Å². The van der Waals surface area contributed by atoms with Crippen molar-refractivity contribution in [3.05, 3.63) is 53.2 Å². The number of quaternary nitrogens is 1. The first-order chi connectivity index (χ1) is 11.2. The molecule has 1 N–H and O–H groups in total. The Morgan fingerprint density at radius 2 is 2.00 bits per heavy atom. The summed E-state index contributed by atoms with van der Waals surface area (Å²) in [4.78, 5) is 3.63. The topological polar surface area (TPSA) is 43.4 Å². The van der Waals surface area contributed by atoms with Gasteiger partial charge in [-0.2, -0.15) is 0 Å². The number of nitrogens with zero attached hydrogens (tertiary/aromatic N) is 2. The Balaban J connectivity index is 1.68. The standard InChI is InChI=1S/C17H19N3OS2/c1-12(16-18-19-17(21-16)15-5-4-10-23-15)20(2)11-13-6-8-14(22-3)9-7-13/h4-10,12H,11H2,1-3H3/p+1/t12-/m0/s1. The molecule has 0 aliphatic carbocycles. The van der Waals surface area contributed by atoms with Gasteiger partial charge in [0.05, 0.1) is 11.9 Å². The van der Waals surface area contributed by atoms with Crippen LogP contribution in [0.5, 0.6) is 0 Å². The van der Waals surface area contributed by atoms with E-state index >= 15 is 0 Å². The third-order valence-electron chi connectivity index (χ3n) is 3.92. The van der Waals surface area contributed by atoms with Crippen molar-refractivity contribution in [1.82, 2.24) is 10.2 Å². The average molecular weight is 347 g/mol. The number of benzene rings is 1. The molecular weight excluding hydrogens is 326 g/mol. The van der Waals surface area contributed by atoms with Gasteiger partial charge in [-0.3, -0.25) is 0 Å². The molecule has 0 aliphatic heterocycles. The molecule has 2 aromatic heterocycles. The molecule has 0 aliphatic rings. The average Bonchev–Trinajstić information content (AvgIpc) is 3.26. The molecular formula is C17H20N3OS2+. The molecule has 0 spiro atoms. The van der Waals surface area contributed by atoms with Crippen LogP contribution in [0.25, 0.3) is 10.8 Å². The summed E-state index contributed by atoms with van der Waals surface area (Å²) in [5.74, 6) is 1.30. The summed E-state index contributed by atoms with van der Waals surface area (Å²) in [7, 11) is 2.15. The van der Waals surface area contributed by atoms with Gasteiger partial charge < -0.3 is 9.32 Å². The zero-order chi connectivity index (χ0) is 16.2. The van der Waals surface area contributed by atoms with E-state index in [9.17, 15) is 0 Å². The van der Waals surface area contributed by atoms with Gasteiger partial charge >= 0.3 is 0 Å². The van der Waals surface area contributed by atoms with Crippen molar-refractivity contribution in [2.45, 2.75) is 24.4 Å². The summed E-state index contributed by atoms with van der Waals surface area (Å²) < 4.78 is 5.85. The van der Waals surface area contributed by atoms with E-state index in [-0.39, 0.29) is 6.04 Å². The van der Waals surface area contributed by atoms with Crippen LogP contribution in [0.2, 0.25) is 0 Å². The molecule has 4 nitrogen and oxygen atoms in total. The predicted octanol–water partition coefficient (Wildman–Crippen LogP) is 3.30. The summed E-state index contributed by atoms with van der Waals surface area (Å²) in [6.45, 7) is 3.05. The number of thioether (sulfide) groups is 1. The lowest BCUT2D eigenvalue weighted by Crippen LogP contribution is -3.07. The van der Waals surface area contributed by atoms with Gasteiger partial charge in [0.1, 0.15) is 6.54 Å². The van der Waals surface area contributed by atoms with Gasteiger partial charge in [-0.1, -0.05) is 18.2 Å². The number of thiophene rings is 1. The quantitative estimate of drug-likeness (QED) is 0.696. The molecule has 0 fully saturated rings. The lowest BCUT2D eigenvalue weighted by molar-refractivity contribution is -0.925. The molecule has 120 valence electrons. The zero-order valence-corrected chi connectivity index (χ0v) is 15.1. The molecule has 23 heavy (non-hydrogen) atoms. The Hall–Kier alpha value is -1.63. The van der Waals surface area contributed by atoms with Crippen LogP contribution in [0.4, 0.5) is 0 Å². The van der Waals surface area contributed by atoms with Crippen LogP contribution in [0.1, 0.15) is 24.4 Å². The van der Waals surface area contributed by atoms with E-state index in [1.807, 2.05) is 17.5 Å². The molecule has 2 atom stereocenters. The molecule has 6 heteroatoms. The van der Waals surface area contributed by atoms with Crippen LogP contribution in [0, 0.1) is 0 Å². The van der Waals surface area contributed by atoms with Crippen LogP contribution in [0.3, 0.4) is 0 Å². The summed E-state index contributed by atoms with van der Waals surface area (Å²) >= 11 is 3.37. The van der Waals surface area contributed by atoms with Crippen LogP contribution in [0.15, 0.2) is 51.1 Å². The first-order valence-corrected chi connectivity index (χ1v) is 9.60. The summed E-state index contributed by atoms with van der Waals surface area (Å²) in [5.41, 5.74) is 1.31. The monoisotopic (exact) mass is 346 g/mol. The maximum Gasteiger partial charge on any atom is 0.274 e. The van der Waals surface area contributed by atoms with E-state index in [4.69, 9.17) is 4.42 Å². The number of rotatable bonds is 6. The van der Waals surface area contributed by atoms with Gasteiger partial charge in [0.25, 0.3) is 11.8 Å². The number of aromatic nitrogens is 2.